The van der Waals surface area contributed by atoms with Crippen molar-refractivity contribution >= 4 is 62.9 Å². The van der Waals surface area contributed by atoms with E-state index < -0.39 is 23.6 Å². The molecule has 4 aromatic carbocycles. The van der Waals surface area contributed by atoms with Crippen molar-refractivity contribution in [2.45, 2.75) is 12.7 Å². The summed E-state index contributed by atoms with van der Waals surface area (Å²) in [5.41, 5.74) is 1.68. The molecule has 0 aliphatic heterocycles. The topological polar surface area (TPSA) is 95.9 Å². The molecular weight excluding hydrogens is 652 g/mol. The maximum absolute atomic E-state index is 13.1. The Balaban J connectivity index is 1.42. The Labute approximate surface area is 268 Å². The number of amides is 1. The first-order valence-electron chi connectivity index (χ1n) is 13.0. The number of ether oxygens (including phenoxy) is 1. The Bertz CT molecular complexity index is 1870. The summed E-state index contributed by atoms with van der Waals surface area (Å²) < 4.78 is 45.2. The zero-order valence-electron chi connectivity index (χ0n) is 23.1. The second-order valence-corrected chi connectivity index (χ2v) is 11.3. The molecule has 5 aromatic rings. The molecule has 0 aliphatic carbocycles. The number of hydrogen-bond acceptors (Lipinski definition) is 7. The van der Waals surface area contributed by atoms with E-state index >= 15 is 0 Å². The number of alkyl halides is 3. The van der Waals surface area contributed by atoms with E-state index in [0.29, 0.717) is 49.4 Å². The first kappa shape index (κ1) is 31.8. The lowest BCUT2D eigenvalue weighted by Crippen LogP contribution is -2.32. The summed E-state index contributed by atoms with van der Waals surface area (Å²) in [6, 6.07) is 23.2. The molecule has 230 valence electrons. The van der Waals surface area contributed by atoms with Crippen LogP contribution >= 0.6 is 34.5 Å². The summed E-state index contributed by atoms with van der Waals surface area (Å²) in [4.78, 5) is 25.8. The fourth-order valence-electron chi connectivity index (χ4n) is 4.20. The van der Waals surface area contributed by atoms with Crippen molar-refractivity contribution in [1.82, 2.24) is 10.2 Å². The minimum absolute atomic E-state index is 0.0373. The molecule has 0 saturated carbocycles. The smallest absolute Gasteiger partial charge is 0.416 e. The number of carbonyl (C=O) groups is 2. The van der Waals surface area contributed by atoms with Crippen LogP contribution in [-0.4, -0.2) is 34.2 Å². The molecule has 0 fully saturated rings. The van der Waals surface area contributed by atoms with Crippen LogP contribution in [0.2, 0.25) is 10.0 Å². The molecule has 1 N–H and O–H groups in total. The van der Waals surface area contributed by atoms with Gasteiger partial charge < -0.3 is 19.6 Å². The van der Waals surface area contributed by atoms with Crippen molar-refractivity contribution in [3.63, 3.8) is 0 Å². The maximum atomic E-state index is 13.1. The summed E-state index contributed by atoms with van der Waals surface area (Å²) in [5, 5.41) is 19.5. The van der Waals surface area contributed by atoms with Crippen molar-refractivity contribution in [3.8, 4) is 22.1 Å². The maximum Gasteiger partial charge on any atom is 0.416 e. The monoisotopic (exact) mass is 672 g/mol. The first-order valence-corrected chi connectivity index (χ1v) is 14.6. The van der Waals surface area contributed by atoms with E-state index in [1.54, 1.807) is 66.7 Å². The van der Waals surface area contributed by atoms with Gasteiger partial charge in [0, 0.05) is 24.0 Å². The fraction of sp³-hybridized carbons (Fsp3) is 0.0968. The Morgan fingerprint density at radius 3 is 2.20 bits per heavy atom. The van der Waals surface area contributed by atoms with E-state index in [-0.39, 0.29) is 5.75 Å². The van der Waals surface area contributed by atoms with Gasteiger partial charge in [0.2, 0.25) is 5.13 Å². The van der Waals surface area contributed by atoms with Gasteiger partial charge in [0.25, 0.3) is 0 Å². The van der Waals surface area contributed by atoms with E-state index in [1.807, 2.05) is 4.90 Å². The average molecular weight is 674 g/mol. The van der Waals surface area contributed by atoms with E-state index in [9.17, 15) is 22.8 Å². The zero-order chi connectivity index (χ0) is 32.3. The largest absolute Gasteiger partial charge is 0.474 e. The molecule has 45 heavy (non-hydrogen) atoms. The Morgan fingerprint density at radius 2 is 1.53 bits per heavy atom. The van der Waals surface area contributed by atoms with Crippen molar-refractivity contribution in [1.29, 1.82) is 0 Å². The average Bonchev–Trinajstić information content (AvgIpc) is 3.51. The molecule has 0 unspecified atom stereocenters. The van der Waals surface area contributed by atoms with Gasteiger partial charge in [0.1, 0.15) is 16.5 Å². The molecule has 5 rings (SSSR count). The number of aromatic nitrogens is 2. The highest BCUT2D eigenvalue weighted by molar-refractivity contribution is 7.18. The minimum Gasteiger partial charge on any atom is -0.474 e. The lowest BCUT2D eigenvalue weighted by atomic mass is 10.1. The number of nitrogens with zero attached hydrogens (tertiary/aromatic N) is 4. The summed E-state index contributed by atoms with van der Waals surface area (Å²) >= 11 is 13.7. The van der Waals surface area contributed by atoms with Crippen LogP contribution in [0.4, 0.5) is 29.7 Å². The number of rotatable bonds is 8. The number of aliphatic carboxylic acids is 1. The minimum atomic E-state index is -4.50. The molecule has 0 saturated heterocycles. The van der Waals surface area contributed by atoms with Crippen LogP contribution in [0.15, 0.2) is 91.0 Å². The van der Waals surface area contributed by atoms with E-state index in [0.717, 1.165) is 22.6 Å². The van der Waals surface area contributed by atoms with Gasteiger partial charge in [-0.3, -0.25) is 4.79 Å². The molecule has 0 aliphatic rings. The molecule has 0 spiro atoms. The first-order chi connectivity index (χ1) is 21.4. The third-order valence-corrected chi connectivity index (χ3v) is 8.22. The highest BCUT2D eigenvalue weighted by Crippen LogP contribution is 2.38. The van der Waals surface area contributed by atoms with Crippen molar-refractivity contribution in [2.75, 3.05) is 16.8 Å². The predicted octanol–water partition coefficient (Wildman–Crippen LogP) is 8.71. The number of likely N-dealkylation sites (N-methyl/N-ethyl adjacent to an activating group) is 1. The van der Waals surface area contributed by atoms with Gasteiger partial charge in [0.05, 0.1) is 22.2 Å². The second-order valence-electron chi connectivity index (χ2n) is 9.57. The lowest BCUT2D eigenvalue weighted by molar-refractivity contribution is -0.148. The van der Waals surface area contributed by atoms with Gasteiger partial charge in [-0.1, -0.05) is 64.9 Å². The highest BCUT2D eigenvalue weighted by atomic mass is 35.5. The Kier molecular flexibility index (Phi) is 9.28. The van der Waals surface area contributed by atoms with Gasteiger partial charge in [-0.15, -0.1) is 10.2 Å². The summed E-state index contributed by atoms with van der Waals surface area (Å²) in [5.74, 6) is -2.27. The molecule has 8 nitrogen and oxygen atoms in total. The van der Waals surface area contributed by atoms with Gasteiger partial charge >= 0.3 is 18.1 Å². The van der Waals surface area contributed by atoms with Gasteiger partial charge in [-0.05, 0) is 66.2 Å². The van der Waals surface area contributed by atoms with Crippen molar-refractivity contribution < 1.29 is 32.6 Å². The molecular formula is C31H21Cl2F3N4O4S. The predicted molar refractivity (Wildman–Crippen MR) is 167 cm³/mol. The lowest BCUT2D eigenvalue weighted by Gasteiger charge is -2.22. The third kappa shape index (κ3) is 7.54. The van der Waals surface area contributed by atoms with Crippen LogP contribution in [0.5, 0.6) is 11.5 Å². The van der Waals surface area contributed by atoms with Gasteiger partial charge in [-0.2, -0.15) is 13.2 Å². The molecule has 1 amide bonds. The number of carbonyl (C=O) groups excluding carboxylic acids is 1. The SMILES string of the molecule is CN(C(=O)C(=O)O)c1ccc(CN(c2ccc(Cl)c(Cl)c2)c2nnc(-c3cccc(Oc4cccc(C(F)(F)F)c4)c3)s2)cc1. The van der Waals surface area contributed by atoms with Crippen molar-refractivity contribution in [2.24, 2.45) is 0 Å². The summed E-state index contributed by atoms with van der Waals surface area (Å²) in [6.07, 6.45) is -4.50. The highest BCUT2D eigenvalue weighted by Gasteiger charge is 2.30. The quantitative estimate of drug-likeness (QED) is 0.165. The third-order valence-electron chi connectivity index (χ3n) is 6.49. The number of carboxylic acid groups (broad SMARTS) is 1. The Hall–Kier alpha value is -4.65. The van der Waals surface area contributed by atoms with Crippen LogP contribution in [0.25, 0.3) is 10.6 Å². The molecule has 1 aromatic heterocycles. The standard InChI is InChI=1S/C31H21Cl2F3N4O4S/c1-39(28(41)29(42)43)21-10-8-18(9-11-21)17-40(22-12-13-25(32)26(33)16-22)30-38-37-27(45-30)19-4-2-6-23(14-19)44-24-7-3-5-20(15-24)31(34,35)36/h2-16H,17H2,1H3,(H,42,43). The molecule has 0 radical (unpaired) electrons. The normalized spacial score (nSPS) is 11.2. The summed E-state index contributed by atoms with van der Waals surface area (Å²) in [6.45, 7) is 0.294. The van der Waals surface area contributed by atoms with Crippen LogP contribution in [0, 0.1) is 0 Å². The number of anilines is 3. The summed E-state index contributed by atoms with van der Waals surface area (Å²) in [7, 11) is 1.37. The second kappa shape index (κ2) is 13.1. The van der Waals surface area contributed by atoms with Crippen LogP contribution < -0.4 is 14.5 Å². The van der Waals surface area contributed by atoms with Crippen LogP contribution in [0.3, 0.4) is 0 Å². The number of halogens is 5. The van der Waals surface area contributed by atoms with E-state index in [1.165, 1.54) is 30.5 Å². The Morgan fingerprint density at radius 1 is 0.867 bits per heavy atom. The molecule has 14 heteroatoms. The van der Waals surface area contributed by atoms with Gasteiger partial charge in [-0.25, -0.2) is 4.79 Å². The molecule has 1 heterocycles. The van der Waals surface area contributed by atoms with Crippen LogP contribution in [-0.2, 0) is 22.3 Å². The van der Waals surface area contributed by atoms with E-state index in [4.69, 9.17) is 33.0 Å². The molecule has 0 atom stereocenters. The zero-order valence-corrected chi connectivity index (χ0v) is 25.5. The molecule has 0 bridgehead atoms. The number of carboxylic acids is 1. The fourth-order valence-corrected chi connectivity index (χ4v) is 5.35. The number of hydrogen-bond donors (Lipinski definition) is 1. The van der Waals surface area contributed by atoms with Gasteiger partial charge in [0.15, 0.2) is 0 Å². The number of benzene rings is 4. The van der Waals surface area contributed by atoms with E-state index in [2.05, 4.69) is 10.2 Å². The van der Waals surface area contributed by atoms with Crippen LogP contribution in [0.1, 0.15) is 11.1 Å². The van der Waals surface area contributed by atoms with Crippen molar-refractivity contribution in [3.05, 3.63) is 112 Å².